The average molecular weight is 529 g/mol. The molecule has 4 nitrogen and oxygen atoms in total. The molecule has 0 aliphatic rings. The molecular formula is C19H15BrFIN2O2. The van der Waals surface area contributed by atoms with E-state index in [1.165, 1.54) is 17.0 Å². The van der Waals surface area contributed by atoms with Crippen LogP contribution in [0.25, 0.3) is 6.08 Å². The first kappa shape index (κ1) is 20.4. The molecule has 0 spiro atoms. The minimum absolute atomic E-state index is 0.0534. The van der Waals surface area contributed by atoms with E-state index in [1.807, 2.05) is 12.1 Å². The normalized spacial score (nSPS) is 11.0. The van der Waals surface area contributed by atoms with Crippen molar-refractivity contribution in [3.8, 4) is 11.8 Å². The Morgan fingerprint density at radius 1 is 1.35 bits per heavy atom. The summed E-state index contributed by atoms with van der Waals surface area (Å²) in [4.78, 5) is 13.3. The maximum atomic E-state index is 13.0. The number of halogens is 3. The van der Waals surface area contributed by atoms with E-state index in [4.69, 9.17) is 4.74 Å². The molecule has 1 amide bonds. The number of benzene rings is 2. The van der Waals surface area contributed by atoms with E-state index in [2.05, 4.69) is 38.5 Å². The van der Waals surface area contributed by atoms with Crippen molar-refractivity contribution in [2.75, 3.05) is 14.1 Å². The van der Waals surface area contributed by atoms with Crippen LogP contribution in [0.2, 0.25) is 0 Å². The van der Waals surface area contributed by atoms with Crippen LogP contribution in [-0.2, 0) is 11.4 Å². The summed E-state index contributed by atoms with van der Waals surface area (Å²) in [5.74, 6) is 0.000931. The number of amides is 1. The van der Waals surface area contributed by atoms with Crippen LogP contribution in [0.4, 0.5) is 4.39 Å². The second-order valence-electron chi connectivity index (χ2n) is 5.60. The Morgan fingerprint density at radius 2 is 2.00 bits per heavy atom. The first-order valence-corrected chi connectivity index (χ1v) is 9.38. The first-order valence-electron chi connectivity index (χ1n) is 7.51. The Labute approximate surface area is 173 Å². The summed E-state index contributed by atoms with van der Waals surface area (Å²) in [6, 6.07) is 11.6. The third-order valence-corrected chi connectivity index (χ3v) is 4.78. The molecule has 2 aromatic carbocycles. The molecule has 134 valence electrons. The predicted octanol–water partition coefficient (Wildman–Crippen LogP) is 4.77. The largest absolute Gasteiger partial charge is 0.487 e. The van der Waals surface area contributed by atoms with Crippen LogP contribution in [0.3, 0.4) is 0 Å². The number of nitrogens with zero attached hydrogens (tertiary/aromatic N) is 2. The molecule has 0 N–H and O–H groups in total. The van der Waals surface area contributed by atoms with Crippen LogP contribution in [0.15, 0.2) is 46.4 Å². The van der Waals surface area contributed by atoms with Crippen LogP contribution >= 0.6 is 38.5 Å². The van der Waals surface area contributed by atoms with E-state index in [9.17, 15) is 14.4 Å². The van der Waals surface area contributed by atoms with Gasteiger partial charge in [0.05, 0.1) is 8.04 Å². The lowest BCUT2D eigenvalue weighted by atomic mass is 10.1. The number of carbonyl (C=O) groups is 1. The highest BCUT2D eigenvalue weighted by Crippen LogP contribution is 2.33. The minimum Gasteiger partial charge on any atom is -0.487 e. The van der Waals surface area contributed by atoms with Gasteiger partial charge >= 0.3 is 0 Å². The fourth-order valence-corrected chi connectivity index (χ4v) is 3.86. The van der Waals surface area contributed by atoms with Gasteiger partial charge < -0.3 is 9.64 Å². The van der Waals surface area contributed by atoms with Gasteiger partial charge in [0.1, 0.15) is 29.8 Å². The monoisotopic (exact) mass is 528 g/mol. The summed E-state index contributed by atoms with van der Waals surface area (Å²) >= 11 is 5.59. The fourth-order valence-electron chi connectivity index (χ4n) is 2.09. The predicted molar refractivity (Wildman–Crippen MR) is 110 cm³/mol. The van der Waals surface area contributed by atoms with Gasteiger partial charge in [-0.05, 0) is 80.0 Å². The average Bonchev–Trinajstić information content (AvgIpc) is 2.59. The molecular weight excluding hydrogens is 514 g/mol. The highest BCUT2D eigenvalue weighted by molar-refractivity contribution is 14.1. The zero-order chi connectivity index (χ0) is 19.3. The quantitative estimate of drug-likeness (QED) is 0.319. The summed E-state index contributed by atoms with van der Waals surface area (Å²) in [7, 11) is 3.19. The lowest BCUT2D eigenvalue weighted by molar-refractivity contribution is -0.124. The van der Waals surface area contributed by atoms with E-state index >= 15 is 0 Å². The molecule has 7 heteroatoms. The summed E-state index contributed by atoms with van der Waals surface area (Å²) in [5, 5.41) is 9.20. The van der Waals surface area contributed by atoms with Crippen LogP contribution in [0.5, 0.6) is 5.75 Å². The first-order chi connectivity index (χ1) is 12.3. The third-order valence-electron chi connectivity index (χ3n) is 3.39. The number of hydrogen-bond acceptors (Lipinski definition) is 3. The van der Waals surface area contributed by atoms with Crippen LogP contribution in [0, 0.1) is 20.7 Å². The zero-order valence-electron chi connectivity index (χ0n) is 14.1. The molecule has 0 unspecified atom stereocenters. The Balaban J connectivity index is 2.23. The Morgan fingerprint density at radius 3 is 2.54 bits per heavy atom. The molecule has 0 radical (unpaired) electrons. The molecule has 0 aromatic heterocycles. The van der Waals surface area contributed by atoms with Crippen LogP contribution in [-0.4, -0.2) is 24.9 Å². The molecule has 26 heavy (non-hydrogen) atoms. The highest BCUT2D eigenvalue weighted by Gasteiger charge is 2.13. The van der Waals surface area contributed by atoms with E-state index in [-0.39, 0.29) is 17.3 Å². The van der Waals surface area contributed by atoms with Gasteiger partial charge in [0.25, 0.3) is 5.91 Å². The second-order valence-corrected chi connectivity index (χ2v) is 7.61. The summed E-state index contributed by atoms with van der Waals surface area (Å²) in [6.45, 7) is 0.298. The molecule has 0 bridgehead atoms. The smallest absolute Gasteiger partial charge is 0.264 e. The fraction of sp³-hybridized carbons (Fsp3) is 0.158. The molecule has 2 rings (SSSR count). The SMILES string of the molecule is CN(C)C(=O)/C(C#N)=C\c1cc(Br)c(OCc2ccc(F)cc2)c(I)c1. The lowest BCUT2D eigenvalue weighted by Gasteiger charge is -2.12. The van der Waals surface area contributed by atoms with Crippen molar-refractivity contribution in [2.45, 2.75) is 6.61 Å². The number of hydrogen-bond donors (Lipinski definition) is 0. The van der Waals surface area contributed by atoms with Crippen molar-refractivity contribution in [1.82, 2.24) is 4.90 Å². The number of nitriles is 1. The van der Waals surface area contributed by atoms with Crippen molar-refractivity contribution in [3.05, 3.63) is 67.0 Å². The number of ether oxygens (including phenoxy) is 1. The van der Waals surface area contributed by atoms with Gasteiger partial charge in [-0.15, -0.1) is 0 Å². The number of rotatable bonds is 5. The van der Waals surface area contributed by atoms with Gasteiger partial charge in [0.2, 0.25) is 0 Å². The van der Waals surface area contributed by atoms with Crippen molar-refractivity contribution in [3.63, 3.8) is 0 Å². The van der Waals surface area contributed by atoms with E-state index in [1.54, 1.807) is 38.4 Å². The second kappa shape index (κ2) is 9.14. The molecule has 2 aromatic rings. The van der Waals surface area contributed by atoms with Crippen LogP contribution < -0.4 is 4.74 Å². The van der Waals surface area contributed by atoms with Crippen molar-refractivity contribution >= 4 is 50.5 Å². The molecule has 0 saturated heterocycles. The van der Waals surface area contributed by atoms with Crippen LogP contribution in [0.1, 0.15) is 11.1 Å². The minimum atomic E-state index is -0.352. The maximum absolute atomic E-state index is 13.0. The molecule has 0 fully saturated rings. The van der Waals surface area contributed by atoms with Crippen molar-refractivity contribution in [1.29, 1.82) is 5.26 Å². The Bertz CT molecular complexity index is 866. The van der Waals surface area contributed by atoms with Gasteiger partial charge in [-0.2, -0.15) is 5.26 Å². The van der Waals surface area contributed by atoms with E-state index < -0.39 is 0 Å². The summed E-state index contributed by atoms with van der Waals surface area (Å²) in [6.07, 6.45) is 1.54. The lowest BCUT2D eigenvalue weighted by Crippen LogP contribution is -2.22. The van der Waals surface area contributed by atoms with Gasteiger partial charge in [-0.25, -0.2) is 4.39 Å². The Hall–Kier alpha value is -1.92. The van der Waals surface area contributed by atoms with Crippen molar-refractivity contribution < 1.29 is 13.9 Å². The van der Waals surface area contributed by atoms with Gasteiger partial charge in [0.15, 0.2) is 0 Å². The molecule has 0 heterocycles. The number of likely N-dealkylation sites (N-methyl/N-ethyl adjacent to an activating group) is 1. The van der Waals surface area contributed by atoms with E-state index in [0.717, 1.165) is 9.13 Å². The molecule has 0 aliphatic heterocycles. The molecule has 0 aliphatic carbocycles. The maximum Gasteiger partial charge on any atom is 0.264 e. The summed E-state index contributed by atoms with van der Waals surface area (Å²) < 4.78 is 20.3. The Kier molecular flexibility index (Phi) is 7.17. The van der Waals surface area contributed by atoms with Gasteiger partial charge in [0, 0.05) is 14.1 Å². The molecule has 0 atom stereocenters. The van der Waals surface area contributed by atoms with E-state index in [0.29, 0.717) is 22.4 Å². The number of carbonyl (C=O) groups excluding carboxylic acids is 1. The third kappa shape index (κ3) is 5.29. The standard InChI is InChI=1S/C19H15BrFIN2O2/c1-24(2)19(25)14(10-23)7-13-8-16(20)18(17(22)9-13)26-11-12-3-5-15(21)6-4-12/h3-9H,11H2,1-2H3/b14-7-. The zero-order valence-corrected chi connectivity index (χ0v) is 17.8. The summed E-state index contributed by atoms with van der Waals surface area (Å²) in [5.41, 5.74) is 1.61. The molecule has 0 saturated carbocycles. The van der Waals surface area contributed by atoms with Crippen molar-refractivity contribution in [2.24, 2.45) is 0 Å². The highest BCUT2D eigenvalue weighted by atomic mass is 127. The topological polar surface area (TPSA) is 53.3 Å². The van der Waals surface area contributed by atoms with Gasteiger partial charge in [-0.1, -0.05) is 12.1 Å². The van der Waals surface area contributed by atoms with Gasteiger partial charge in [-0.3, -0.25) is 4.79 Å².